The Kier molecular flexibility index (Phi) is 4.65. The van der Waals surface area contributed by atoms with Crippen molar-refractivity contribution in [3.63, 3.8) is 0 Å². The number of methoxy groups -OCH3 is 1. The Morgan fingerprint density at radius 1 is 1.50 bits per heavy atom. The quantitative estimate of drug-likeness (QED) is 0.634. The minimum Gasteiger partial charge on any atom is -0.381 e. The summed E-state index contributed by atoms with van der Waals surface area (Å²) in [7, 11) is 1.76. The van der Waals surface area contributed by atoms with Gasteiger partial charge in [-0.1, -0.05) is 11.6 Å². The molecule has 2 rings (SSSR count). The molecule has 0 spiro atoms. The van der Waals surface area contributed by atoms with Gasteiger partial charge in [-0.15, -0.1) is 11.6 Å². The average molecular weight is 290 g/mol. The van der Waals surface area contributed by atoms with Crippen LogP contribution < -0.4 is 4.90 Å². The van der Waals surface area contributed by atoms with Crippen LogP contribution in [0.4, 0.5) is 5.82 Å². The number of rotatable bonds is 3. The van der Waals surface area contributed by atoms with Gasteiger partial charge in [0.1, 0.15) is 17.3 Å². The third kappa shape index (κ3) is 2.71. The first-order valence-corrected chi connectivity index (χ1v) is 6.93. The van der Waals surface area contributed by atoms with Crippen LogP contribution in [0.3, 0.4) is 0 Å². The summed E-state index contributed by atoms with van der Waals surface area (Å²) >= 11 is 12.0. The number of aromatic nitrogens is 2. The maximum atomic E-state index is 6.07. The second-order valence-electron chi connectivity index (χ2n) is 4.52. The van der Waals surface area contributed by atoms with Crippen LogP contribution in [0.15, 0.2) is 6.33 Å². The second-order valence-corrected chi connectivity index (χ2v) is 5.15. The molecule has 2 atom stereocenters. The Balaban J connectivity index is 2.24. The smallest absolute Gasteiger partial charge is 0.138 e. The molecule has 0 aromatic carbocycles. The van der Waals surface area contributed by atoms with Crippen molar-refractivity contribution >= 4 is 29.0 Å². The van der Waals surface area contributed by atoms with Crippen LogP contribution in [-0.2, 0) is 10.6 Å². The molecule has 6 heteroatoms. The van der Waals surface area contributed by atoms with Gasteiger partial charge in [-0.2, -0.15) is 0 Å². The minimum absolute atomic E-state index is 0.325. The van der Waals surface area contributed by atoms with Gasteiger partial charge in [0.15, 0.2) is 0 Å². The fraction of sp³-hybridized carbons (Fsp3) is 0.667. The molecule has 0 saturated carbocycles. The Morgan fingerprint density at radius 2 is 2.28 bits per heavy atom. The molecule has 1 aliphatic heterocycles. The summed E-state index contributed by atoms with van der Waals surface area (Å²) in [5.74, 6) is 1.18. The molecular formula is C12H17Cl2N3O. The number of piperidine rings is 1. The Hall–Kier alpha value is -0.580. The third-order valence-electron chi connectivity index (χ3n) is 3.44. The van der Waals surface area contributed by atoms with Crippen molar-refractivity contribution in [1.82, 2.24) is 9.97 Å². The summed E-state index contributed by atoms with van der Waals surface area (Å²) in [4.78, 5) is 10.6. The van der Waals surface area contributed by atoms with E-state index < -0.39 is 0 Å². The fourth-order valence-electron chi connectivity index (χ4n) is 2.40. The highest BCUT2D eigenvalue weighted by Gasteiger charge is 2.28. The monoisotopic (exact) mass is 289 g/mol. The van der Waals surface area contributed by atoms with Gasteiger partial charge >= 0.3 is 0 Å². The first-order chi connectivity index (χ1) is 8.67. The molecule has 100 valence electrons. The first-order valence-electron chi connectivity index (χ1n) is 6.02. The van der Waals surface area contributed by atoms with Gasteiger partial charge < -0.3 is 9.64 Å². The molecule has 1 aromatic rings. The molecule has 2 unspecified atom stereocenters. The van der Waals surface area contributed by atoms with E-state index in [0.29, 0.717) is 23.2 Å². The SMILES string of the molecule is COC1CCN(c2ncnc(Cl)c2CCl)C(C)C1. The first kappa shape index (κ1) is 13.8. The van der Waals surface area contributed by atoms with Crippen molar-refractivity contribution in [2.24, 2.45) is 0 Å². The van der Waals surface area contributed by atoms with Crippen LogP contribution in [0.5, 0.6) is 0 Å². The van der Waals surface area contributed by atoms with Gasteiger partial charge in [-0.25, -0.2) is 9.97 Å². The molecule has 0 aliphatic carbocycles. The molecule has 4 nitrogen and oxygen atoms in total. The number of alkyl halides is 1. The molecule has 2 heterocycles. The van der Waals surface area contributed by atoms with Gasteiger partial charge in [0.05, 0.1) is 12.0 Å². The van der Waals surface area contributed by atoms with Gasteiger partial charge in [-0.3, -0.25) is 0 Å². The molecular weight excluding hydrogens is 273 g/mol. The van der Waals surface area contributed by atoms with Gasteiger partial charge in [0.2, 0.25) is 0 Å². The number of hydrogen-bond acceptors (Lipinski definition) is 4. The minimum atomic E-state index is 0.325. The lowest BCUT2D eigenvalue weighted by atomic mass is 10.0. The number of ether oxygens (including phenoxy) is 1. The van der Waals surface area contributed by atoms with E-state index in [-0.39, 0.29) is 0 Å². The topological polar surface area (TPSA) is 38.2 Å². The maximum Gasteiger partial charge on any atom is 0.138 e. The summed E-state index contributed by atoms with van der Waals surface area (Å²) in [5.41, 5.74) is 0.809. The van der Waals surface area contributed by atoms with Crippen molar-refractivity contribution in [3.05, 3.63) is 17.0 Å². The van der Waals surface area contributed by atoms with Crippen molar-refractivity contribution in [2.75, 3.05) is 18.6 Å². The molecule has 0 radical (unpaired) electrons. The van der Waals surface area contributed by atoms with E-state index in [1.165, 1.54) is 6.33 Å². The number of halogens is 2. The van der Waals surface area contributed by atoms with Crippen LogP contribution in [0, 0.1) is 0 Å². The molecule has 1 aliphatic rings. The predicted molar refractivity (Wildman–Crippen MR) is 73.4 cm³/mol. The number of nitrogens with zero attached hydrogens (tertiary/aromatic N) is 3. The van der Waals surface area contributed by atoms with E-state index in [0.717, 1.165) is 30.8 Å². The Bertz CT molecular complexity index is 416. The fourth-order valence-corrected chi connectivity index (χ4v) is 2.91. The molecule has 18 heavy (non-hydrogen) atoms. The normalized spacial score (nSPS) is 24.3. The highest BCUT2D eigenvalue weighted by Crippen LogP contribution is 2.30. The van der Waals surface area contributed by atoms with E-state index in [1.54, 1.807) is 7.11 Å². The van der Waals surface area contributed by atoms with E-state index in [9.17, 15) is 0 Å². The van der Waals surface area contributed by atoms with Crippen LogP contribution >= 0.6 is 23.2 Å². The molecule has 1 fully saturated rings. The zero-order chi connectivity index (χ0) is 13.1. The van der Waals surface area contributed by atoms with E-state index in [1.807, 2.05) is 0 Å². The van der Waals surface area contributed by atoms with E-state index in [2.05, 4.69) is 21.8 Å². The summed E-state index contributed by atoms with van der Waals surface area (Å²) in [6, 6.07) is 0.358. The third-order valence-corrected chi connectivity index (χ3v) is 4.03. The van der Waals surface area contributed by atoms with E-state index >= 15 is 0 Å². The standard InChI is InChI=1S/C12H17Cl2N3O/c1-8-5-9(18-2)3-4-17(8)12-10(6-13)11(14)15-7-16-12/h7-9H,3-6H2,1-2H3. The molecule has 0 bridgehead atoms. The van der Waals surface area contributed by atoms with E-state index in [4.69, 9.17) is 27.9 Å². The highest BCUT2D eigenvalue weighted by atomic mass is 35.5. The van der Waals surface area contributed by atoms with Crippen LogP contribution in [0.25, 0.3) is 0 Å². The zero-order valence-corrected chi connectivity index (χ0v) is 12.1. The van der Waals surface area contributed by atoms with Gasteiger partial charge in [-0.05, 0) is 19.8 Å². The van der Waals surface area contributed by atoms with Crippen molar-refractivity contribution < 1.29 is 4.74 Å². The number of anilines is 1. The van der Waals surface area contributed by atoms with Gasteiger partial charge in [0, 0.05) is 25.3 Å². The lowest BCUT2D eigenvalue weighted by Gasteiger charge is -2.38. The van der Waals surface area contributed by atoms with Crippen molar-refractivity contribution in [3.8, 4) is 0 Å². The summed E-state index contributed by atoms with van der Waals surface area (Å²) in [6.45, 7) is 3.07. The summed E-state index contributed by atoms with van der Waals surface area (Å²) in [6.07, 6.45) is 3.79. The van der Waals surface area contributed by atoms with Crippen molar-refractivity contribution in [1.29, 1.82) is 0 Å². The van der Waals surface area contributed by atoms with Crippen LogP contribution in [0.1, 0.15) is 25.3 Å². The zero-order valence-electron chi connectivity index (χ0n) is 10.6. The molecule has 1 aromatic heterocycles. The maximum absolute atomic E-state index is 6.07. The lowest BCUT2D eigenvalue weighted by molar-refractivity contribution is 0.0719. The summed E-state index contributed by atoms with van der Waals surface area (Å²) in [5, 5.41) is 0.441. The average Bonchev–Trinajstić information content (AvgIpc) is 2.38. The van der Waals surface area contributed by atoms with Crippen molar-refractivity contribution in [2.45, 2.75) is 37.8 Å². The lowest BCUT2D eigenvalue weighted by Crippen LogP contribution is -2.44. The largest absolute Gasteiger partial charge is 0.381 e. The summed E-state index contributed by atoms with van der Waals surface area (Å²) < 4.78 is 5.41. The van der Waals surface area contributed by atoms with Crippen LogP contribution in [-0.4, -0.2) is 35.8 Å². The van der Waals surface area contributed by atoms with Gasteiger partial charge in [0.25, 0.3) is 0 Å². The second kappa shape index (κ2) is 6.04. The molecule has 0 N–H and O–H groups in total. The molecule has 1 saturated heterocycles. The molecule has 0 amide bonds. The highest BCUT2D eigenvalue weighted by molar-refractivity contribution is 6.31. The Labute approximate surface area is 117 Å². The number of hydrogen-bond donors (Lipinski definition) is 0. The van der Waals surface area contributed by atoms with Crippen LogP contribution in [0.2, 0.25) is 5.15 Å². The Morgan fingerprint density at radius 3 is 2.89 bits per heavy atom. The predicted octanol–water partition coefficient (Wildman–Crippen LogP) is 2.87.